The van der Waals surface area contributed by atoms with E-state index in [-0.39, 0.29) is 17.8 Å². The van der Waals surface area contributed by atoms with Crippen LogP contribution in [0.3, 0.4) is 0 Å². The molecule has 162 valence electrons. The molecular weight excluding hydrogens is 432 g/mol. The Labute approximate surface area is 191 Å². The lowest BCUT2D eigenvalue weighted by molar-refractivity contribution is -0.113. The number of allylic oxidation sites excluding steroid dienone is 1. The van der Waals surface area contributed by atoms with Gasteiger partial charge in [-0.3, -0.25) is 9.36 Å². The van der Waals surface area contributed by atoms with Crippen LogP contribution < -0.4 is 10.1 Å². The third-order valence-electron chi connectivity index (χ3n) is 4.61. The molecule has 1 amide bonds. The maximum atomic E-state index is 12.5. The van der Waals surface area contributed by atoms with Crippen LogP contribution in [0.5, 0.6) is 5.75 Å². The Morgan fingerprint density at radius 3 is 2.65 bits per heavy atom. The summed E-state index contributed by atoms with van der Waals surface area (Å²) in [4.78, 5) is 12.5. The maximum Gasteiger partial charge on any atom is 0.234 e. The summed E-state index contributed by atoms with van der Waals surface area (Å²) in [6.45, 7) is 10.2. The average molecular weight is 457 g/mol. The molecule has 1 atom stereocenters. The van der Waals surface area contributed by atoms with E-state index in [0.29, 0.717) is 28.3 Å². The van der Waals surface area contributed by atoms with Gasteiger partial charge in [-0.15, -0.1) is 16.8 Å². The zero-order valence-electron chi connectivity index (χ0n) is 17.8. The van der Waals surface area contributed by atoms with Crippen LogP contribution in [0.1, 0.15) is 30.0 Å². The van der Waals surface area contributed by atoms with E-state index in [0.717, 1.165) is 16.8 Å². The number of para-hydroxylation sites is 1. The molecule has 3 rings (SSSR count). The highest BCUT2D eigenvalue weighted by molar-refractivity contribution is 7.99. The van der Waals surface area contributed by atoms with Gasteiger partial charge in [-0.05, 0) is 50.1 Å². The van der Waals surface area contributed by atoms with E-state index in [1.807, 2.05) is 55.7 Å². The van der Waals surface area contributed by atoms with Crippen LogP contribution in [-0.2, 0) is 11.3 Å². The minimum Gasteiger partial charge on any atom is -0.483 e. The highest BCUT2D eigenvalue weighted by Gasteiger charge is 2.20. The number of hydrogen-bond donors (Lipinski definition) is 1. The second-order valence-electron chi connectivity index (χ2n) is 7.06. The number of rotatable bonds is 9. The molecular formula is C23H25ClN4O2S. The molecule has 0 saturated heterocycles. The van der Waals surface area contributed by atoms with Crippen molar-refractivity contribution in [3.63, 3.8) is 0 Å². The predicted octanol–water partition coefficient (Wildman–Crippen LogP) is 5.61. The number of carbonyl (C=O) groups is 1. The molecule has 8 heteroatoms. The van der Waals surface area contributed by atoms with Crippen molar-refractivity contribution < 1.29 is 9.53 Å². The molecule has 0 aliphatic rings. The summed E-state index contributed by atoms with van der Waals surface area (Å²) in [5.74, 6) is 1.42. The van der Waals surface area contributed by atoms with Gasteiger partial charge < -0.3 is 10.1 Å². The standard InChI is InChI=1S/C23H25ClN4O2S/c1-5-12-28-22(17(4)30-19-11-7-10-18(24)13-19)26-27-23(28)31-14-20(29)25-21-15(2)8-6-9-16(21)3/h5-11,13,17H,1,12,14H2,2-4H3,(H,25,29). The molecule has 0 radical (unpaired) electrons. The summed E-state index contributed by atoms with van der Waals surface area (Å²) in [6, 6.07) is 13.1. The number of anilines is 1. The molecule has 1 aromatic heterocycles. The van der Waals surface area contributed by atoms with Crippen LogP contribution in [0.25, 0.3) is 0 Å². The van der Waals surface area contributed by atoms with Crippen LogP contribution in [-0.4, -0.2) is 26.4 Å². The molecule has 0 bridgehead atoms. The quantitative estimate of drug-likeness (QED) is 0.335. The first-order chi connectivity index (χ1) is 14.9. The van der Waals surface area contributed by atoms with E-state index in [9.17, 15) is 4.79 Å². The summed E-state index contributed by atoms with van der Waals surface area (Å²) < 4.78 is 7.88. The van der Waals surface area contributed by atoms with Crippen molar-refractivity contribution in [2.45, 2.75) is 38.6 Å². The van der Waals surface area contributed by atoms with Crippen LogP contribution in [0, 0.1) is 13.8 Å². The summed E-state index contributed by atoms with van der Waals surface area (Å²) in [5, 5.41) is 12.8. The van der Waals surface area contributed by atoms with Crippen molar-refractivity contribution in [3.8, 4) is 5.75 Å². The first-order valence-corrected chi connectivity index (χ1v) is 11.2. The Morgan fingerprint density at radius 1 is 1.26 bits per heavy atom. The van der Waals surface area contributed by atoms with Gasteiger partial charge in [0.2, 0.25) is 5.91 Å². The molecule has 0 saturated carbocycles. The first-order valence-electron chi connectivity index (χ1n) is 9.84. The number of carbonyl (C=O) groups excluding carboxylic acids is 1. The van der Waals surface area contributed by atoms with Crippen molar-refractivity contribution in [3.05, 3.63) is 77.1 Å². The third-order valence-corrected chi connectivity index (χ3v) is 5.81. The van der Waals surface area contributed by atoms with Gasteiger partial charge in [-0.1, -0.05) is 53.7 Å². The smallest absolute Gasteiger partial charge is 0.234 e. The summed E-state index contributed by atoms with van der Waals surface area (Å²) in [5.41, 5.74) is 2.91. The second kappa shape index (κ2) is 10.5. The molecule has 0 spiro atoms. The average Bonchev–Trinajstić information content (AvgIpc) is 3.12. The van der Waals surface area contributed by atoms with Crippen molar-refractivity contribution in [1.29, 1.82) is 0 Å². The normalized spacial score (nSPS) is 11.7. The molecule has 3 aromatic rings. The van der Waals surface area contributed by atoms with Crippen LogP contribution in [0.15, 0.2) is 60.3 Å². The number of benzene rings is 2. The van der Waals surface area contributed by atoms with Gasteiger partial charge in [0, 0.05) is 17.3 Å². The number of aromatic nitrogens is 3. The number of nitrogens with one attached hydrogen (secondary N) is 1. The first kappa shape index (κ1) is 22.9. The summed E-state index contributed by atoms with van der Waals surface area (Å²) in [7, 11) is 0. The number of halogens is 1. The molecule has 0 aliphatic carbocycles. The lowest BCUT2D eigenvalue weighted by atomic mass is 10.1. The number of thioether (sulfide) groups is 1. The Hall–Kier alpha value is -2.77. The third kappa shape index (κ3) is 5.89. The summed E-state index contributed by atoms with van der Waals surface area (Å²) in [6.07, 6.45) is 1.41. The Morgan fingerprint density at radius 2 is 1.97 bits per heavy atom. The molecule has 0 aliphatic heterocycles. The Balaban J connectivity index is 1.69. The number of ether oxygens (including phenoxy) is 1. The van der Waals surface area contributed by atoms with Crippen molar-refractivity contribution in [2.75, 3.05) is 11.1 Å². The van der Waals surface area contributed by atoms with Crippen molar-refractivity contribution in [1.82, 2.24) is 14.8 Å². The van der Waals surface area contributed by atoms with E-state index in [1.165, 1.54) is 11.8 Å². The predicted molar refractivity (Wildman–Crippen MR) is 126 cm³/mol. The molecule has 2 aromatic carbocycles. The van der Waals surface area contributed by atoms with Gasteiger partial charge >= 0.3 is 0 Å². The molecule has 0 fully saturated rings. The van der Waals surface area contributed by atoms with E-state index < -0.39 is 0 Å². The van der Waals surface area contributed by atoms with Gasteiger partial charge in [-0.2, -0.15) is 0 Å². The number of hydrogen-bond acceptors (Lipinski definition) is 5. The molecule has 6 nitrogen and oxygen atoms in total. The monoisotopic (exact) mass is 456 g/mol. The fraction of sp³-hybridized carbons (Fsp3) is 0.261. The molecule has 31 heavy (non-hydrogen) atoms. The molecule has 1 heterocycles. The van der Waals surface area contributed by atoms with Crippen molar-refractivity contribution in [2.24, 2.45) is 0 Å². The Bertz CT molecular complexity index is 1060. The fourth-order valence-corrected chi connectivity index (χ4v) is 4.06. The fourth-order valence-electron chi connectivity index (χ4n) is 3.12. The highest BCUT2D eigenvalue weighted by Crippen LogP contribution is 2.27. The zero-order chi connectivity index (χ0) is 22.4. The molecule has 1 unspecified atom stereocenters. The number of amides is 1. The minimum atomic E-state index is -0.358. The van der Waals surface area contributed by atoms with E-state index in [2.05, 4.69) is 22.1 Å². The SMILES string of the molecule is C=CCn1c(SCC(=O)Nc2c(C)cccc2C)nnc1C(C)Oc1cccc(Cl)c1. The summed E-state index contributed by atoms with van der Waals surface area (Å²) >= 11 is 7.37. The van der Waals surface area contributed by atoms with Gasteiger partial charge in [0.25, 0.3) is 0 Å². The van der Waals surface area contributed by atoms with Gasteiger partial charge in [0.15, 0.2) is 17.1 Å². The number of aryl methyl sites for hydroxylation is 2. The number of nitrogens with zero attached hydrogens (tertiary/aromatic N) is 3. The van der Waals surface area contributed by atoms with Crippen LogP contribution in [0.4, 0.5) is 5.69 Å². The lowest BCUT2D eigenvalue weighted by Crippen LogP contribution is -2.16. The largest absolute Gasteiger partial charge is 0.483 e. The van der Waals surface area contributed by atoms with Crippen molar-refractivity contribution >= 4 is 35.0 Å². The van der Waals surface area contributed by atoms with E-state index in [4.69, 9.17) is 16.3 Å². The minimum absolute atomic E-state index is 0.0969. The van der Waals surface area contributed by atoms with E-state index >= 15 is 0 Å². The van der Waals surface area contributed by atoms with Gasteiger partial charge in [0.1, 0.15) is 5.75 Å². The zero-order valence-corrected chi connectivity index (χ0v) is 19.3. The van der Waals surface area contributed by atoms with Crippen LogP contribution in [0.2, 0.25) is 5.02 Å². The highest BCUT2D eigenvalue weighted by atomic mass is 35.5. The van der Waals surface area contributed by atoms with Gasteiger partial charge in [0.05, 0.1) is 5.75 Å². The topological polar surface area (TPSA) is 69.0 Å². The second-order valence-corrected chi connectivity index (χ2v) is 8.44. The van der Waals surface area contributed by atoms with Crippen LogP contribution >= 0.6 is 23.4 Å². The van der Waals surface area contributed by atoms with E-state index in [1.54, 1.807) is 18.2 Å². The Kier molecular flexibility index (Phi) is 7.76. The lowest BCUT2D eigenvalue weighted by Gasteiger charge is -2.16. The van der Waals surface area contributed by atoms with Gasteiger partial charge in [-0.25, -0.2) is 0 Å². The molecule has 1 N–H and O–H groups in total. The maximum absolute atomic E-state index is 12.5.